The van der Waals surface area contributed by atoms with Gasteiger partial charge in [-0.15, -0.1) is 0 Å². The first-order valence-corrected chi connectivity index (χ1v) is 6.57. The number of rotatable bonds is 5. The van der Waals surface area contributed by atoms with Gasteiger partial charge in [0.2, 0.25) is 0 Å². The number of primary amides is 1. The lowest BCUT2D eigenvalue weighted by molar-refractivity contribution is 0.100. The molecule has 19 heavy (non-hydrogen) atoms. The number of hydrogen-bond acceptors (Lipinski definition) is 4. The Bertz CT molecular complexity index is 428. The third-order valence-electron chi connectivity index (χ3n) is 3.49. The molecule has 1 amide bonds. The number of benzene rings is 1. The number of carbonyl (C=O) groups is 1. The van der Waals surface area contributed by atoms with Crippen molar-refractivity contribution < 1.29 is 9.53 Å². The van der Waals surface area contributed by atoms with Crippen molar-refractivity contribution in [1.29, 1.82) is 0 Å². The van der Waals surface area contributed by atoms with E-state index in [1.165, 1.54) is 0 Å². The molecule has 1 aromatic rings. The first kappa shape index (κ1) is 13.8. The number of carbonyl (C=O) groups excluding carboxylic acids is 1. The van der Waals surface area contributed by atoms with E-state index in [-0.39, 0.29) is 5.91 Å². The molecule has 5 nitrogen and oxygen atoms in total. The van der Waals surface area contributed by atoms with Crippen molar-refractivity contribution in [1.82, 2.24) is 4.90 Å². The predicted molar refractivity (Wildman–Crippen MR) is 75.5 cm³/mol. The van der Waals surface area contributed by atoms with Crippen LogP contribution in [0.15, 0.2) is 24.3 Å². The number of ether oxygens (including phenoxy) is 1. The molecular weight excluding hydrogens is 242 g/mol. The van der Waals surface area contributed by atoms with E-state index in [0.717, 1.165) is 45.0 Å². The van der Waals surface area contributed by atoms with Gasteiger partial charge in [-0.2, -0.15) is 0 Å². The minimum atomic E-state index is -0.364. The molecule has 0 spiro atoms. The molecule has 0 bridgehead atoms. The van der Waals surface area contributed by atoms with Gasteiger partial charge < -0.3 is 15.4 Å². The predicted octanol–water partition coefficient (Wildman–Crippen LogP) is 0.554. The molecule has 2 rings (SSSR count). The fourth-order valence-electron chi connectivity index (χ4n) is 2.39. The van der Waals surface area contributed by atoms with Gasteiger partial charge in [-0.1, -0.05) is 12.1 Å². The highest BCUT2D eigenvalue weighted by atomic mass is 16.5. The number of methoxy groups -OCH3 is 1. The van der Waals surface area contributed by atoms with Crippen LogP contribution >= 0.6 is 0 Å². The van der Waals surface area contributed by atoms with Crippen LogP contribution in [0.5, 0.6) is 0 Å². The van der Waals surface area contributed by atoms with Crippen molar-refractivity contribution in [3.8, 4) is 0 Å². The maximum absolute atomic E-state index is 11.4. The molecule has 0 aromatic heterocycles. The summed E-state index contributed by atoms with van der Waals surface area (Å²) in [5, 5.41) is 0. The maximum atomic E-state index is 11.4. The summed E-state index contributed by atoms with van der Waals surface area (Å²) in [6.07, 6.45) is 0. The molecule has 0 atom stereocenters. The average molecular weight is 263 g/mol. The van der Waals surface area contributed by atoms with E-state index >= 15 is 0 Å². The first-order valence-electron chi connectivity index (χ1n) is 6.57. The number of piperazine rings is 1. The monoisotopic (exact) mass is 263 g/mol. The van der Waals surface area contributed by atoms with Crippen molar-refractivity contribution in [3.63, 3.8) is 0 Å². The van der Waals surface area contributed by atoms with Gasteiger partial charge in [0, 0.05) is 45.5 Å². The summed E-state index contributed by atoms with van der Waals surface area (Å²) < 4.78 is 5.09. The molecular formula is C14H21N3O2. The number of amides is 1. The van der Waals surface area contributed by atoms with E-state index in [4.69, 9.17) is 10.5 Å². The summed E-state index contributed by atoms with van der Waals surface area (Å²) in [6, 6.07) is 7.54. The second-order valence-corrected chi connectivity index (χ2v) is 4.70. The normalized spacial score (nSPS) is 16.6. The van der Waals surface area contributed by atoms with Crippen LogP contribution in [-0.4, -0.2) is 57.2 Å². The van der Waals surface area contributed by atoms with Gasteiger partial charge in [-0.05, 0) is 12.1 Å². The lowest BCUT2D eigenvalue weighted by Gasteiger charge is -2.36. The number of nitrogens with two attached hydrogens (primary N) is 1. The highest BCUT2D eigenvalue weighted by Crippen LogP contribution is 2.21. The van der Waals surface area contributed by atoms with Gasteiger partial charge in [0.15, 0.2) is 0 Å². The van der Waals surface area contributed by atoms with Crippen LogP contribution in [0.25, 0.3) is 0 Å². The Morgan fingerprint density at radius 2 is 1.95 bits per heavy atom. The largest absolute Gasteiger partial charge is 0.383 e. The molecule has 0 unspecified atom stereocenters. The van der Waals surface area contributed by atoms with E-state index in [2.05, 4.69) is 9.80 Å². The number of anilines is 1. The zero-order valence-electron chi connectivity index (χ0n) is 11.3. The zero-order chi connectivity index (χ0) is 13.7. The van der Waals surface area contributed by atoms with Crippen molar-refractivity contribution in [3.05, 3.63) is 29.8 Å². The molecule has 1 aliphatic heterocycles. The minimum Gasteiger partial charge on any atom is -0.383 e. The highest BCUT2D eigenvalue weighted by molar-refractivity contribution is 5.98. The van der Waals surface area contributed by atoms with E-state index in [1.54, 1.807) is 13.2 Å². The van der Waals surface area contributed by atoms with Crippen LogP contribution in [-0.2, 0) is 4.74 Å². The number of nitrogens with zero attached hydrogens (tertiary/aromatic N) is 2. The fraction of sp³-hybridized carbons (Fsp3) is 0.500. The third-order valence-corrected chi connectivity index (χ3v) is 3.49. The number of para-hydroxylation sites is 1. The lowest BCUT2D eigenvalue weighted by atomic mass is 10.1. The molecule has 1 aromatic carbocycles. The summed E-state index contributed by atoms with van der Waals surface area (Å²) in [6.45, 7) is 5.51. The topological polar surface area (TPSA) is 58.8 Å². The first-order chi connectivity index (χ1) is 9.22. The minimum absolute atomic E-state index is 0.364. The lowest BCUT2D eigenvalue weighted by Crippen LogP contribution is -2.47. The van der Waals surface area contributed by atoms with Gasteiger partial charge >= 0.3 is 0 Å². The van der Waals surface area contributed by atoms with Crippen LogP contribution in [0.4, 0.5) is 5.69 Å². The van der Waals surface area contributed by atoms with Gasteiger partial charge in [-0.3, -0.25) is 9.69 Å². The van der Waals surface area contributed by atoms with Crippen molar-refractivity contribution in [2.45, 2.75) is 0 Å². The Morgan fingerprint density at radius 1 is 1.26 bits per heavy atom. The van der Waals surface area contributed by atoms with Crippen molar-refractivity contribution in [2.24, 2.45) is 5.73 Å². The Kier molecular flexibility index (Phi) is 4.76. The van der Waals surface area contributed by atoms with Gasteiger partial charge in [0.25, 0.3) is 5.91 Å². The van der Waals surface area contributed by atoms with Crippen molar-refractivity contribution >= 4 is 11.6 Å². The quantitative estimate of drug-likeness (QED) is 0.843. The third kappa shape index (κ3) is 3.45. The summed E-state index contributed by atoms with van der Waals surface area (Å²) in [5.41, 5.74) is 6.97. The molecule has 0 aliphatic carbocycles. The summed E-state index contributed by atoms with van der Waals surface area (Å²) in [7, 11) is 1.72. The van der Waals surface area contributed by atoms with Crippen LogP contribution in [0.3, 0.4) is 0 Å². The maximum Gasteiger partial charge on any atom is 0.250 e. The van der Waals surface area contributed by atoms with Crippen LogP contribution in [0, 0.1) is 0 Å². The fourth-order valence-corrected chi connectivity index (χ4v) is 2.39. The molecule has 104 valence electrons. The van der Waals surface area contributed by atoms with Crippen LogP contribution in [0.1, 0.15) is 10.4 Å². The Labute approximate surface area is 113 Å². The summed E-state index contributed by atoms with van der Waals surface area (Å²) in [5.74, 6) is -0.364. The molecule has 0 radical (unpaired) electrons. The SMILES string of the molecule is COCCN1CCN(c2ccccc2C(N)=O)CC1. The van der Waals surface area contributed by atoms with E-state index in [9.17, 15) is 4.79 Å². The molecule has 1 heterocycles. The molecule has 5 heteroatoms. The Balaban J connectivity index is 2.00. The standard InChI is InChI=1S/C14H21N3O2/c1-19-11-10-16-6-8-17(9-7-16)13-5-3-2-4-12(13)14(15)18/h2-5H,6-11H2,1H3,(H2,15,18). The van der Waals surface area contributed by atoms with E-state index in [1.807, 2.05) is 18.2 Å². The van der Waals surface area contributed by atoms with Crippen LogP contribution in [0.2, 0.25) is 0 Å². The highest BCUT2D eigenvalue weighted by Gasteiger charge is 2.19. The summed E-state index contributed by atoms with van der Waals surface area (Å²) in [4.78, 5) is 16.0. The molecule has 0 saturated carbocycles. The molecule has 1 aliphatic rings. The van der Waals surface area contributed by atoms with Crippen LogP contribution < -0.4 is 10.6 Å². The van der Waals surface area contributed by atoms with Crippen molar-refractivity contribution in [2.75, 3.05) is 51.3 Å². The zero-order valence-corrected chi connectivity index (χ0v) is 11.3. The smallest absolute Gasteiger partial charge is 0.250 e. The second kappa shape index (κ2) is 6.54. The van der Waals surface area contributed by atoms with Gasteiger partial charge in [0.05, 0.1) is 12.2 Å². The van der Waals surface area contributed by atoms with E-state index < -0.39 is 0 Å². The van der Waals surface area contributed by atoms with Gasteiger partial charge in [0.1, 0.15) is 0 Å². The molecule has 1 saturated heterocycles. The second-order valence-electron chi connectivity index (χ2n) is 4.70. The average Bonchev–Trinajstić information content (AvgIpc) is 2.45. The molecule has 1 fully saturated rings. The Morgan fingerprint density at radius 3 is 2.58 bits per heavy atom. The number of hydrogen-bond donors (Lipinski definition) is 1. The Hall–Kier alpha value is -1.59. The van der Waals surface area contributed by atoms with Gasteiger partial charge in [-0.25, -0.2) is 0 Å². The summed E-state index contributed by atoms with van der Waals surface area (Å²) >= 11 is 0. The van der Waals surface area contributed by atoms with E-state index in [0.29, 0.717) is 5.56 Å². The molecule has 2 N–H and O–H groups in total.